The summed E-state index contributed by atoms with van der Waals surface area (Å²) in [6.45, 7) is 2.03. The van der Waals surface area contributed by atoms with Crippen molar-refractivity contribution in [1.82, 2.24) is 10.3 Å². The van der Waals surface area contributed by atoms with Crippen LogP contribution in [0.15, 0.2) is 51.2 Å². The summed E-state index contributed by atoms with van der Waals surface area (Å²) in [5.41, 5.74) is 1.61. The molecule has 0 fully saturated rings. The lowest BCUT2D eigenvalue weighted by atomic mass is 10.1. The summed E-state index contributed by atoms with van der Waals surface area (Å²) in [5, 5.41) is 15.6. The molecule has 1 aromatic heterocycles. The van der Waals surface area contributed by atoms with Gasteiger partial charge in [0, 0.05) is 10.8 Å². The van der Waals surface area contributed by atoms with Gasteiger partial charge in [-0.05, 0) is 28.6 Å². The highest BCUT2D eigenvalue weighted by Gasteiger charge is 2.34. The van der Waals surface area contributed by atoms with Crippen molar-refractivity contribution in [3.8, 4) is 0 Å². The van der Waals surface area contributed by atoms with Gasteiger partial charge in [0.05, 0.1) is 5.36 Å². The van der Waals surface area contributed by atoms with Crippen LogP contribution in [-0.2, 0) is 4.79 Å². The SMILES string of the molecule is CCSC1=NN2C(=c3ccccc3=N[C@@H]2c2ccsc2)C(=O)N1. The van der Waals surface area contributed by atoms with E-state index in [1.54, 1.807) is 16.3 Å². The second kappa shape index (κ2) is 5.82. The highest BCUT2D eigenvalue weighted by Crippen LogP contribution is 2.31. The monoisotopic (exact) mass is 342 g/mol. The van der Waals surface area contributed by atoms with E-state index < -0.39 is 0 Å². The Hall–Kier alpha value is -2.12. The molecular formula is C16H14N4OS2. The van der Waals surface area contributed by atoms with Gasteiger partial charge >= 0.3 is 0 Å². The number of carbonyl (C=O) groups excluding carboxylic acids is 1. The van der Waals surface area contributed by atoms with Crippen LogP contribution in [0.2, 0.25) is 0 Å². The molecule has 3 heterocycles. The summed E-state index contributed by atoms with van der Waals surface area (Å²) in [7, 11) is 0. The van der Waals surface area contributed by atoms with Gasteiger partial charge < -0.3 is 0 Å². The van der Waals surface area contributed by atoms with E-state index in [1.807, 2.05) is 48.0 Å². The van der Waals surface area contributed by atoms with Crippen LogP contribution in [-0.4, -0.2) is 21.8 Å². The lowest BCUT2D eigenvalue weighted by Gasteiger charge is -2.33. The Bertz CT molecular complexity index is 904. The quantitative estimate of drug-likeness (QED) is 0.903. The first-order valence-corrected chi connectivity index (χ1v) is 9.22. The Morgan fingerprint density at radius 1 is 1.35 bits per heavy atom. The fourth-order valence-corrected chi connectivity index (χ4v) is 3.92. The molecule has 1 N–H and O–H groups in total. The van der Waals surface area contributed by atoms with E-state index in [0.29, 0.717) is 10.9 Å². The summed E-state index contributed by atoms with van der Waals surface area (Å²) in [6, 6.07) is 9.73. The molecule has 0 saturated carbocycles. The van der Waals surface area contributed by atoms with Gasteiger partial charge in [-0.2, -0.15) is 11.3 Å². The fourth-order valence-electron chi connectivity index (χ4n) is 2.67. The van der Waals surface area contributed by atoms with E-state index in [0.717, 1.165) is 21.9 Å². The van der Waals surface area contributed by atoms with Crippen LogP contribution in [0.25, 0.3) is 5.70 Å². The number of para-hydroxylation sites is 1. The molecule has 0 aliphatic carbocycles. The number of hydrogen-bond donors (Lipinski definition) is 1. The second-order valence-electron chi connectivity index (χ2n) is 5.06. The molecule has 0 saturated heterocycles. The average Bonchev–Trinajstić information content (AvgIpc) is 3.08. The highest BCUT2D eigenvalue weighted by atomic mass is 32.2. The maximum Gasteiger partial charge on any atom is 0.276 e. The first-order chi connectivity index (χ1) is 11.3. The van der Waals surface area contributed by atoms with E-state index in [4.69, 9.17) is 4.99 Å². The van der Waals surface area contributed by atoms with Crippen molar-refractivity contribution in [3.05, 3.63) is 57.2 Å². The number of amidine groups is 1. The van der Waals surface area contributed by atoms with E-state index in [-0.39, 0.29) is 12.1 Å². The van der Waals surface area contributed by atoms with Crippen molar-refractivity contribution in [1.29, 1.82) is 0 Å². The van der Waals surface area contributed by atoms with Crippen LogP contribution in [0.5, 0.6) is 0 Å². The Morgan fingerprint density at radius 3 is 3.00 bits per heavy atom. The molecule has 1 amide bonds. The Morgan fingerprint density at radius 2 is 2.22 bits per heavy atom. The summed E-state index contributed by atoms with van der Waals surface area (Å²) in [4.78, 5) is 17.5. The third-order valence-corrected chi connectivity index (χ3v) is 5.09. The zero-order chi connectivity index (χ0) is 15.8. The third kappa shape index (κ3) is 2.46. The number of amides is 1. The number of hydrazone groups is 1. The number of nitrogens with one attached hydrogen (secondary N) is 1. The third-order valence-electron chi connectivity index (χ3n) is 3.64. The van der Waals surface area contributed by atoms with Crippen molar-refractivity contribution in [2.45, 2.75) is 13.1 Å². The van der Waals surface area contributed by atoms with Crippen LogP contribution in [0.1, 0.15) is 18.7 Å². The van der Waals surface area contributed by atoms with Crippen LogP contribution in [0.3, 0.4) is 0 Å². The molecule has 2 aliphatic rings. The number of nitrogens with zero attached hydrogens (tertiary/aromatic N) is 3. The standard InChI is InChI=1S/C16H14N4OS2/c1-2-23-16-18-15(21)13-11-5-3-4-6-12(11)17-14(20(13)19-16)10-7-8-22-9-10/h3-9,14H,2H2,1H3,(H,18,19,21)/t14-/m0/s1. The molecule has 1 aromatic carbocycles. The zero-order valence-electron chi connectivity index (χ0n) is 12.4. The molecule has 23 heavy (non-hydrogen) atoms. The Kier molecular flexibility index (Phi) is 3.66. The van der Waals surface area contributed by atoms with Crippen molar-refractivity contribution in [3.63, 3.8) is 0 Å². The van der Waals surface area contributed by atoms with E-state index in [2.05, 4.69) is 10.4 Å². The molecule has 0 unspecified atom stereocenters. The normalized spacial score (nSPS) is 19.4. The Balaban J connectivity index is 1.96. The van der Waals surface area contributed by atoms with Crippen molar-refractivity contribution in [2.75, 3.05) is 5.75 Å². The number of thiophene rings is 1. The molecule has 2 aromatic rings. The number of hydrogen-bond acceptors (Lipinski definition) is 6. The van der Waals surface area contributed by atoms with Crippen LogP contribution in [0.4, 0.5) is 0 Å². The summed E-state index contributed by atoms with van der Waals surface area (Å²) >= 11 is 3.13. The number of carbonyl (C=O) groups is 1. The molecule has 0 spiro atoms. The minimum Gasteiger partial charge on any atom is -0.298 e. The number of fused-ring (bicyclic) bond motifs is 2. The van der Waals surface area contributed by atoms with E-state index >= 15 is 0 Å². The Labute approximate surface area is 141 Å². The van der Waals surface area contributed by atoms with Crippen molar-refractivity contribution in [2.24, 2.45) is 10.1 Å². The van der Waals surface area contributed by atoms with E-state index in [9.17, 15) is 4.79 Å². The van der Waals surface area contributed by atoms with Gasteiger partial charge in [-0.3, -0.25) is 15.1 Å². The molecule has 0 bridgehead atoms. The van der Waals surface area contributed by atoms with Crippen LogP contribution in [0, 0.1) is 0 Å². The van der Waals surface area contributed by atoms with Gasteiger partial charge in [-0.1, -0.05) is 36.9 Å². The zero-order valence-corrected chi connectivity index (χ0v) is 14.0. The highest BCUT2D eigenvalue weighted by molar-refractivity contribution is 8.13. The number of benzene rings is 1. The van der Waals surface area contributed by atoms with Gasteiger partial charge in [0.25, 0.3) is 5.91 Å². The maximum absolute atomic E-state index is 12.7. The molecular weight excluding hydrogens is 328 g/mol. The molecule has 116 valence electrons. The lowest BCUT2D eigenvalue weighted by molar-refractivity contribution is -0.116. The van der Waals surface area contributed by atoms with Gasteiger partial charge in [-0.15, -0.1) is 5.10 Å². The van der Waals surface area contributed by atoms with Crippen LogP contribution < -0.4 is 15.9 Å². The fraction of sp³-hybridized carbons (Fsp3) is 0.188. The predicted molar refractivity (Wildman–Crippen MR) is 93.2 cm³/mol. The summed E-state index contributed by atoms with van der Waals surface area (Å²) in [6.07, 6.45) is -0.301. The molecule has 1 atom stereocenters. The topological polar surface area (TPSA) is 57.1 Å². The van der Waals surface area contributed by atoms with Crippen molar-refractivity contribution < 1.29 is 4.79 Å². The summed E-state index contributed by atoms with van der Waals surface area (Å²) in [5.74, 6) is 0.720. The van der Waals surface area contributed by atoms with E-state index in [1.165, 1.54) is 11.8 Å². The largest absolute Gasteiger partial charge is 0.298 e. The minimum absolute atomic E-state index is 0.126. The molecule has 2 aliphatic heterocycles. The van der Waals surface area contributed by atoms with Crippen molar-refractivity contribution >= 4 is 39.9 Å². The number of thioether (sulfide) groups is 1. The maximum atomic E-state index is 12.7. The molecule has 7 heteroatoms. The predicted octanol–water partition coefficient (Wildman–Crippen LogP) is 1.64. The molecule has 0 radical (unpaired) electrons. The first kappa shape index (κ1) is 14.5. The second-order valence-corrected chi connectivity index (χ2v) is 7.09. The average molecular weight is 342 g/mol. The lowest BCUT2D eigenvalue weighted by Crippen LogP contribution is -2.50. The summed E-state index contributed by atoms with van der Waals surface area (Å²) < 4.78 is 0. The molecule has 4 rings (SSSR count). The number of rotatable bonds is 2. The van der Waals surface area contributed by atoms with Crippen LogP contribution >= 0.6 is 23.1 Å². The minimum atomic E-state index is -0.301. The van der Waals surface area contributed by atoms with Gasteiger partial charge in [0.15, 0.2) is 11.3 Å². The molecule has 5 nitrogen and oxygen atoms in total. The van der Waals surface area contributed by atoms with Gasteiger partial charge in [0.1, 0.15) is 5.70 Å². The van der Waals surface area contributed by atoms with Gasteiger partial charge in [0.2, 0.25) is 0 Å². The van der Waals surface area contributed by atoms with Gasteiger partial charge in [-0.25, -0.2) is 5.01 Å². The first-order valence-electron chi connectivity index (χ1n) is 7.29. The smallest absolute Gasteiger partial charge is 0.276 e.